The summed E-state index contributed by atoms with van der Waals surface area (Å²) in [5.41, 5.74) is 4.93. The molecule has 3 N–H and O–H groups in total. The first-order chi connectivity index (χ1) is 24.4. The average Bonchev–Trinajstić information content (AvgIpc) is 3.94. The Morgan fingerprint density at radius 1 is 0.855 bits per heavy atom. The maximum atomic E-state index is 13.5. The number of hydrogen-bond acceptors (Lipinski definition) is 7. The first-order valence-corrected chi connectivity index (χ1v) is 17.6. The van der Waals surface area contributed by atoms with Crippen LogP contribution in [0.5, 0.6) is 0 Å². The second kappa shape index (κ2) is 20.2. The highest BCUT2D eigenvalue weighted by Gasteiger charge is 2.41. The molecule has 2 aliphatic rings. The number of carbonyl (C=O) groups excluding carboxylic acids is 4. The molecule has 2 aromatic heterocycles. The number of rotatable bonds is 8. The van der Waals surface area contributed by atoms with Gasteiger partial charge in [0.15, 0.2) is 5.78 Å². The zero-order chi connectivity index (χ0) is 36.4. The first kappa shape index (κ1) is 47.1. The van der Waals surface area contributed by atoms with E-state index in [1.807, 2.05) is 74.3 Å². The van der Waals surface area contributed by atoms with Crippen LogP contribution in [-0.4, -0.2) is 79.7 Å². The van der Waals surface area contributed by atoms with Crippen molar-refractivity contribution in [2.45, 2.75) is 72.0 Å². The van der Waals surface area contributed by atoms with Gasteiger partial charge in [0.25, 0.3) is 0 Å². The van der Waals surface area contributed by atoms with Gasteiger partial charge in [-0.3, -0.25) is 14.4 Å². The molecule has 12 nitrogen and oxygen atoms in total. The number of amides is 3. The molecule has 6 rings (SSSR count). The van der Waals surface area contributed by atoms with Crippen molar-refractivity contribution in [3.8, 4) is 23.1 Å². The van der Waals surface area contributed by atoms with Crippen LogP contribution in [0.3, 0.4) is 0 Å². The van der Waals surface area contributed by atoms with E-state index in [-0.39, 0.29) is 108 Å². The summed E-state index contributed by atoms with van der Waals surface area (Å²) in [6, 6.07) is 12.1. The number of ether oxygens (including phenoxy) is 1. The van der Waals surface area contributed by atoms with Gasteiger partial charge in [-0.1, -0.05) is 58.6 Å². The van der Waals surface area contributed by atoms with Crippen LogP contribution < -0.4 is 5.32 Å². The Balaban J connectivity index is 0.00000261. The predicted molar refractivity (Wildman–Crippen MR) is 234 cm³/mol. The number of aromatic nitrogens is 4. The number of nitrogens with zero attached hydrogens (tertiary/aromatic N) is 4. The predicted octanol–water partition coefficient (Wildman–Crippen LogP) is 5.98. The van der Waals surface area contributed by atoms with Crippen molar-refractivity contribution in [1.29, 1.82) is 0 Å². The molecule has 16 heteroatoms. The summed E-state index contributed by atoms with van der Waals surface area (Å²) in [5.74, 6) is 7.57. The molecule has 55 heavy (non-hydrogen) atoms. The minimum atomic E-state index is -0.846. The average molecular weight is 828 g/mol. The van der Waals surface area contributed by atoms with Gasteiger partial charge in [0.2, 0.25) is 11.8 Å². The topological polar surface area (TPSA) is 153 Å². The van der Waals surface area contributed by atoms with E-state index in [0.29, 0.717) is 11.3 Å². The van der Waals surface area contributed by atoms with E-state index >= 15 is 0 Å². The van der Waals surface area contributed by atoms with Crippen LogP contribution >= 0.6 is 54.0 Å². The van der Waals surface area contributed by atoms with Gasteiger partial charge in [-0.2, -0.15) is 54.0 Å². The molecule has 0 bridgehead atoms. The number of hydrogen-bond donors (Lipinski definition) is 3. The van der Waals surface area contributed by atoms with Crippen LogP contribution in [0.1, 0.15) is 88.7 Å². The van der Waals surface area contributed by atoms with Crippen molar-refractivity contribution < 1.29 is 23.9 Å². The summed E-state index contributed by atoms with van der Waals surface area (Å²) in [5, 5.41) is 2.60. The minimum absolute atomic E-state index is 0. The van der Waals surface area contributed by atoms with Crippen molar-refractivity contribution >= 4 is 88.7 Å². The first-order valence-electron chi connectivity index (χ1n) is 17.6. The van der Waals surface area contributed by atoms with Gasteiger partial charge in [0.05, 0.1) is 48.7 Å². The maximum Gasteiger partial charge on any atom is 0.407 e. The number of imidazole rings is 2. The molecule has 4 heterocycles. The van der Waals surface area contributed by atoms with Crippen LogP contribution in [0, 0.1) is 29.6 Å². The number of likely N-dealkylation sites (tertiary alicyclic amines) is 2. The van der Waals surface area contributed by atoms with Gasteiger partial charge in [0, 0.05) is 30.0 Å². The lowest BCUT2D eigenvalue weighted by Crippen LogP contribution is -2.51. The lowest BCUT2D eigenvalue weighted by molar-refractivity contribution is -0.137. The third kappa shape index (κ3) is 10.4. The summed E-state index contributed by atoms with van der Waals surface area (Å²) in [4.78, 5) is 70.7. The number of methoxy groups -OCH3 is 1. The lowest BCUT2D eigenvalue weighted by atomic mass is 9.96. The van der Waals surface area contributed by atoms with E-state index in [0.717, 1.165) is 53.1 Å². The van der Waals surface area contributed by atoms with Crippen molar-refractivity contribution in [2.75, 3.05) is 20.2 Å². The van der Waals surface area contributed by atoms with E-state index in [9.17, 15) is 19.2 Å². The van der Waals surface area contributed by atoms with E-state index in [1.54, 1.807) is 0 Å². The van der Waals surface area contributed by atoms with Crippen molar-refractivity contribution in [3.05, 3.63) is 71.4 Å². The number of H-pyrrole nitrogens is 2. The second-order valence-corrected chi connectivity index (χ2v) is 14.2. The molecule has 0 spiro atoms. The highest BCUT2D eigenvalue weighted by atomic mass is 32.1. The molecule has 4 atom stereocenters. The summed E-state index contributed by atoms with van der Waals surface area (Å²) in [6.45, 7) is 10.5. The Labute approximate surface area is 350 Å². The molecule has 0 aliphatic carbocycles. The number of ketones is 1. The van der Waals surface area contributed by atoms with Crippen molar-refractivity contribution in [2.24, 2.45) is 17.8 Å². The molecule has 4 aromatic rings. The normalized spacial score (nSPS) is 17.3. The molecular weight excluding hydrogens is 775 g/mol. The lowest BCUT2D eigenvalue weighted by Gasteiger charge is -2.29. The second-order valence-electron chi connectivity index (χ2n) is 14.2. The fourth-order valence-electron chi connectivity index (χ4n) is 6.70. The molecule has 0 radical (unpaired) electrons. The zero-order valence-electron chi connectivity index (χ0n) is 31.9. The van der Waals surface area contributed by atoms with Crippen LogP contribution in [0.25, 0.3) is 22.3 Å². The Morgan fingerprint density at radius 2 is 1.53 bits per heavy atom. The molecule has 2 aromatic carbocycles. The molecule has 0 unspecified atom stereocenters. The van der Waals surface area contributed by atoms with E-state index in [2.05, 4.69) is 46.0 Å². The highest BCUT2D eigenvalue weighted by Crippen LogP contribution is 2.34. The molecule has 298 valence electrons. The Kier molecular flexibility index (Phi) is 17.3. The minimum Gasteiger partial charge on any atom is -0.453 e. The van der Waals surface area contributed by atoms with E-state index in [4.69, 9.17) is 9.72 Å². The fraction of sp³-hybridized carbons (Fsp3) is 0.436. The van der Waals surface area contributed by atoms with Gasteiger partial charge in [-0.25, -0.2) is 14.8 Å². The van der Waals surface area contributed by atoms with Crippen LogP contribution in [0.15, 0.2) is 48.7 Å². The summed E-state index contributed by atoms with van der Waals surface area (Å²) < 4.78 is 4.70. The number of aromatic amines is 2. The van der Waals surface area contributed by atoms with Gasteiger partial charge in [-0.05, 0) is 60.6 Å². The van der Waals surface area contributed by atoms with E-state index < -0.39 is 18.2 Å². The van der Waals surface area contributed by atoms with Crippen LogP contribution in [0.2, 0.25) is 0 Å². The number of carbonyl (C=O) groups is 4. The monoisotopic (exact) mass is 827 g/mol. The third-order valence-corrected chi connectivity index (χ3v) is 10.0. The molecule has 0 saturated carbocycles. The van der Waals surface area contributed by atoms with Crippen molar-refractivity contribution in [3.63, 3.8) is 0 Å². The third-order valence-electron chi connectivity index (χ3n) is 10.0. The van der Waals surface area contributed by atoms with Gasteiger partial charge < -0.3 is 29.8 Å². The molecular formula is C39H53N7O5S4. The summed E-state index contributed by atoms with van der Waals surface area (Å²) in [6.07, 6.45) is 3.12. The maximum absolute atomic E-state index is 13.5. The number of fused-ring (bicyclic) bond motifs is 1. The molecule has 3 amide bonds. The summed E-state index contributed by atoms with van der Waals surface area (Å²) in [7, 11) is 1.24. The standard InChI is InChI=1S/C39H45N7O5.4H2S/c1-22(2)24(5)37(48)45-17-7-8-32(45)35-40-20-31(43-35)27-14-11-25(12-15-27)9-10-26-13-16-29-30(18-26)42-36(41-29)33-19-28(47)21-46(33)38(49)34(23(3)4)44-39(50)51-6;;;;/h11-16,18,20,22-24,32-34H,7-8,17,19,21H2,1-6H3,(H,40,43)(H,41,42)(H,44,50);4*1H2/t24-,32-,33-,34-;;;;/m0..../s1. The Bertz CT molecular complexity index is 2020. The molecule has 2 fully saturated rings. The van der Waals surface area contributed by atoms with Gasteiger partial charge in [0.1, 0.15) is 17.7 Å². The Hall–Kier alpha value is -4.04. The highest BCUT2D eigenvalue weighted by molar-refractivity contribution is 7.59. The Morgan fingerprint density at radius 3 is 2.18 bits per heavy atom. The van der Waals surface area contributed by atoms with Crippen molar-refractivity contribution in [1.82, 2.24) is 35.1 Å². The molecule has 2 aliphatic heterocycles. The molecule has 2 saturated heterocycles. The number of alkyl carbamates (subject to hydrolysis) is 1. The quantitative estimate of drug-likeness (QED) is 0.185. The van der Waals surface area contributed by atoms with Crippen LogP contribution in [-0.2, 0) is 19.1 Å². The number of nitrogens with one attached hydrogen (secondary N) is 3. The summed E-state index contributed by atoms with van der Waals surface area (Å²) >= 11 is 0. The van der Waals surface area contributed by atoms with Crippen LogP contribution in [0.4, 0.5) is 4.79 Å². The van der Waals surface area contributed by atoms with Gasteiger partial charge >= 0.3 is 6.09 Å². The van der Waals surface area contributed by atoms with Gasteiger partial charge in [-0.15, -0.1) is 0 Å². The fourth-order valence-corrected chi connectivity index (χ4v) is 6.70. The zero-order valence-corrected chi connectivity index (χ0v) is 35.9. The largest absolute Gasteiger partial charge is 0.453 e. The van der Waals surface area contributed by atoms with E-state index in [1.165, 1.54) is 12.0 Å². The SMILES string of the molecule is COC(=O)N[C@H](C(=O)N1CC(=O)C[C@H]1c1nc2ccc(C#Cc3ccc(-c4cnc([C@@H]5CCCN5C(=O)[C@@H](C)C(C)C)[nH]4)cc3)cc2[nH]1)C(C)C.S.S.S.S. The number of Topliss-reactive ketones (excluding diaryl/α,β-unsaturated/α-hetero) is 1. The smallest absolute Gasteiger partial charge is 0.407 e. The number of benzene rings is 2.